The molecule has 0 aromatic heterocycles. The van der Waals surface area contributed by atoms with Crippen LogP contribution in [0.4, 0.5) is 8.78 Å². The van der Waals surface area contributed by atoms with Gasteiger partial charge in [0.2, 0.25) is 0 Å². The van der Waals surface area contributed by atoms with Crippen molar-refractivity contribution in [2.24, 2.45) is 5.73 Å². The molecule has 0 heterocycles. The van der Waals surface area contributed by atoms with Gasteiger partial charge in [-0.3, -0.25) is 4.79 Å². The van der Waals surface area contributed by atoms with Gasteiger partial charge in [-0.15, -0.1) is 0 Å². The van der Waals surface area contributed by atoms with E-state index in [-0.39, 0.29) is 11.1 Å². The Balaban J connectivity index is 3.27. The Kier molecular flexibility index (Phi) is 2.55. The molecule has 0 aliphatic carbocycles. The highest BCUT2D eigenvalue weighted by molar-refractivity contribution is 5.93. The molecule has 4 heteroatoms. The summed E-state index contributed by atoms with van der Waals surface area (Å²) in [4.78, 5) is 10.8. The van der Waals surface area contributed by atoms with E-state index < -0.39 is 17.4 Å². The van der Waals surface area contributed by atoms with Gasteiger partial charge >= 0.3 is 0 Å². The highest BCUT2D eigenvalue weighted by Gasteiger charge is 2.21. The van der Waals surface area contributed by atoms with Crippen molar-refractivity contribution in [3.05, 3.63) is 35.1 Å². The SMILES string of the molecule is CC(C)(F)c1ccc(F)c(C(N)=O)c1. The molecule has 0 fully saturated rings. The average Bonchev–Trinajstić information content (AvgIpc) is 2.02. The van der Waals surface area contributed by atoms with Gasteiger partial charge in [-0.05, 0) is 31.5 Å². The standard InChI is InChI=1S/C10H11F2NO/c1-10(2,12)6-3-4-8(11)7(5-6)9(13)14/h3-5H,1-2H3,(H2,13,14). The van der Waals surface area contributed by atoms with E-state index >= 15 is 0 Å². The summed E-state index contributed by atoms with van der Waals surface area (Å²) in [5, 5.41) is 0. The van der Waals surface area contributed by atoms with Crippen LogP contribution in [0.5, 0.6) is 0 Å². The monoisotopic (exact) mass is 199 g/mol. The Morgan fingerprint density at radius 3 is 2.43 bits per heavy atom. The number of carbonyl (C=O) groups is 1. The molecule has 1 amide bonds. The van der Waals surface area contributed by atoms with Crippen molar-refractivity contribution >= 4 is 5.91 Å². The molecule has 0 spiro atoms. The fourth-order valence-corrected chi connectivity index (χ4v) is 1.08. The Bertz CT molecular complexity index is 369. The van der Waals surface area contributed by atoms with Crippen molar-refractivity contribution in [2.45, 2.75) is 19.5 Å². The van der Waals surface area contributed by atoms with Crippen molar-refractivity contribution < 1.29 is 13.6 Å². The molecule has 0 saturated carbocycles. The van der Waals surface area contributed by atoms with Gasteiger partial charge < -0.3 is 5.73 Å². The van der Waals surface area contributed by atoms with Gasteiger partial charge in [0.05, 0.1) is 5.56 Å². The number of amides is 1. The van der Waals surface area contributed by atoms with Crippen LogP contribution in [0.15, 0.2) is 18.2 Å². The smallest absolute Gasteiger partial charge is 0.251 e. The normalized spacial score (nSPS) is 11.4. The molecule has 2 nitrogen and oxygen atoms in total. The summed E-state index contributed by atoms with van der Waals surface area (Å²) in [6, 6.07) is 3.47. The summed E-state index contributed by atoms with van der Waals surface area (Å²) in [5.41, 5.74) is 3.26. The first kappa shape index (κ1) is 10.6. The zero-order valence-electron chi connectivity index (χ0n) is 7.97. The number of rotatable bonds is 2. The van der Waals surface area contributed by atoms with Crippen LogP contribution in [-0.2, 0) is 5.67 Å². The number of hydrogen-bond donors (Lipinski definition) is 1. The number of halogens is 2. The molecule has 0 aliphatic rings. The van der Waals surface area contributed by atoms with E-state index in [2.05, 4.69) is 0 Å². The van der Waals surface area contributed by atoms with Crippen LogP contribution in [-0.4, -0.2) is 5.91 Å². The molecule has 0 aliphatic heterocycles. The number of benzene rings is 1. The van der Waals surface area contributed by atoms with Crippen molar-refractivity contribution in [2.75, 3.05) is 0 Å². The molecule has 0 atom stereocenters. The summed E-state index contributed by atoms with van der Waals surface area (Å²) in [6.07, 6.45) is 0. The number of carbonyl (C=O) groups excluding carboxylic acids is 1. The van der Waals surface area contributed by atoms with E-state index in [9.17, 15) is 13.6 Å². The highest BCUT2D eigenvalue weighted by Crippen LogP contribution is 2.25. The van der Waals surface area contributed by atoms with E-state index in [4.69, 9.17) is 5.73 Å². The van der Waals surface area contributed by atoms with Gasteiger partial charge in [0, 0.05) is 0 Å². The third kappa shape index (κ3) is 2.07. The summed E-state index contributed by atoms with van der Waals surface area (Å²) in [5.74, 6) is -1.63. The molecule has 0 bridgehead atoms. The van der Waals surface area contributed by atoms with E-state index in [1.807, 2.05) is 0 Å². The molecule has 1 aromatic rings. The van der Waals surface area contributed by atoms with Crippen molar-refractivity contribution in [1.29, 1.82) is 0 Å². The van der Waals surface area contributed by atoms with Gasteiger partial charge in [0.15, 0.2) is 0 Å². The maximum atomic E-state index is 13.4. The molecule has 1 rings (SSSR count). The van der Waals surface area contributed by atoms with Crippen molar-refractivity contribution in [3.63, 3.8) is 0 Å². The second kappa shape index (κ2) is 3.36. The van der Waals surface area contributed by atoms with Crippen LogP contribution in [0.25, 0.3) is 0 Å². The van der Waals surface area contributed by atoms with Crippen molar-refractivity contribution in [1.82, 2.24) is 0 Å². The van der Waals surface area contributed by atoms with Crippen molar-refractivity contribution in [3.8, 4) is 0 Å². The molecular weight excluding hydrogens is 188 g/mol. The van der Waals surface area contributed by atoms with Crippen LogP contribution in [0.1, 0.15) is 29.8 Å². The minimum absolute atomic E-state index is 0.229. The predicted octanol–water partition coefficient (Wildman–Crippen LogP) is 2.13. The first-order valence-electron chi connectivity index (χ1n) is 4.11. The third-order valence-corrected chi connectivity index (χ3v) is 1.92. The minimum atomic E-state index is -1.61. The van der Waals surface area contributed by atoms with Gasteiger partial charge in [0.25, 0.3) is 5.91 Å². The number of primary amides is 1. The molecular formula is C10H11F2NO. The van der Waals surface area contributed by atoms with Crippen LogP contribution in [0, 0.1) is 5.82 Å². The maximum absolute atomic E-state index is 13.4. The topological polar surface area (TPSA) is 43.1 Å². The number of alkyl halides is 1. The van der Waals surface area contributed by atoms with Crippen LogP contribution in [0.3, 0.4) is 0 Å². The van der Waals surface area contributed by atoms with Crippen LogP contribution < -0.4 is 5.73 Å². The Hall–Kier alpha value is -1.45. The van der Waals surface area contributed by atoms with Gasteiger partial charge in [0.1, 0.15) is 11.5 Å². The quantitative estimate of drug-likeness (QED) is 0.779. The summed E-state index contributed by atoms with van der Waals surface area (Å²) in [6.45, 7) is 2.65. The van der Waals surface area contributed by atoms with E-state index in [1.165, 1.54) is 19.9 Å². The van der Waals surface area contributed by atoms with Gasteiger partial charge in [-0.1, -0.05) is 6.07 Å². The Labute approximate surface area is 80.7 Å². The average molecular weight is 199 g/mol. The zero-order chi connectivity index (χ0) is 10.9. The van der Waals surface area contributed by atoms with Gasteiger partial charge in [-0.25, -0.2) is 8.78 Å². The van der Waals surface area contributed by atoms with Crippen LogP contribution in [0.2, 0.25) is 0 Å². The first-order valence-corrected chi connectivity index (χ1v) is 4.11. The fourth-order valence-electron chi connectivity index (χ4n) is 1.08. The third-order valence-electron chi connectivity index (χ3n) is 1.92. The molecule has 76 valence electrons. The maximum Gasteiger partial charge on any atom is 0.251 e. The lowest BCUT2D eigenvalue weighted by Crippen LogP contribution is -2.16. The molecule has 2 N–H and O–H groups in total. The molecule has 0 unspecified atom stereocenters. The highest BCUT2D eigenvalue weighted by atomic mass is 19.1. The van der Waals surface area contributed by atoms with E-state index in [1.54, 1.807) is 0 Å². The first-order chi connectivity index (χ1) is 6.32. The Morgan fingerprint density at radius 2 is 2.00 bits per heavy atom. The lowest BCUT2D eigenvalue weighted by atomic mass is 9.98. The largest absolute Gasteiger partial charge is 0.366 e. The van der Waals surface area contributed by atoms with E-state index in [0.717, 1.165) is 12.1 Å². The van der Waals surface area contributed by atoms with Gasteiger partial charge in [-0.2, -0.15) is 0 Å². The number of hydrogen-bond acceptors (Lipinski definition) is 1. The lowest BCUT2D eigenvalue weighted by Gasteiger charge is -2.15. The summed E-state index contributed by atoms with van der Waals surface area (Å²) >= 11 is 0. The second-order valence-electron chi connectivity index (χ2n) is 3.53. The second-order valence-corrected chi connectivity index (χ2v) is 3.53. The van der Waals surface area contributed by atoms with Crippen LogP contribution >= 0.6 is 0 Å². The lowest BCUT2D eigenvalue weighted by molar-refractivity contribution is 0.0996. The fraction of sp³-hybridized carbons (Fsp3) is 0.300. The molecule has 1 aromatic carbocycles. The number of nitrogens with two attached hydrogens (primary N) is 1. The van der Waals surface area contributed by atoms with E-state index in [0.29, 0.717) is 0 Å². The molecule has 0 saturated heterocycles. The molecule has 0 radical (unpaired) electrons. The summed E-state index contributed by atoms with van der Waals surface area (Å²) < 4.78 is 26.4. The molecule has 14 heavy (non-hydrogen) atoms. The summed E-state index contributed by atoms with van der Waals surface area (Å²) in [7, 11) is 0. The minimum Gasteiger partial charge on any atom is -0.366 e. The Morgan fingerprint density at radius 1 is 1.43 bits per heavy atom. The zero-order valence-corrected chi connectivity index (χ0v) is 7.97. The predicted molar refractivity (Wildman–Crippen MR) is 49.1 cm³/mol.